The van der Waals surface area contributed by atoms with E-state index in [1.54, 1.807) is 6.92 Å². The zero-order valence-corrected chi connectivity index (χ0v) is 12.9. The molecule has 2 rings (SSSR count). The lowest BCUT2D eigenvalue weighted by Gasteiger charge is -2.11. The Labute approximate surface area is 138 Å². The van der Waals surface area contributed by atoms with E-state index < -0.39 is 23.7 Å². The third-order valence-electron chi connectivity index (χ3n) is 3.16. The van der Waals surface area contributed by atoms with Crippen molar-refractivity contribution in [2.24, 2.45) is 0 Å². The zero-order chi connectivity index (χ0) is 18.8. The van der Waals surface area contributed by atoms with Crippen LogP contribution < -0.4 is 5.32 Å². The normalized spacial score (nSPS) is 12.3. The summed E-state index contributed by atoms with van der Waals surface area (Å²) in [4.78, 5) is 11.5. The first-order valence-electron chi connectivity index (χ1n) is 7.17. The molecule has 0 unspecified atom stereocenters. The lowest BCUT2D eigenvalue weighted by molar-refractivity contribution is -0.143. The minimum absolute atomic E-state index is 0.0447. The van der Waals surface area contributed by atoms with Crippen molar-refractivity contribution in [1.82, 2.24) is 9.78 Å². The number of hydrogen-bond donors (Lipinski definition) is 1. The summed E-state index contributed by atoms with van der Waals surface area (Å²) in [6.07, 6.45) is -9.12. The van der Waals surface area contributed by atoms with Gasteiger partial charge in [0.1, 0.15) is 5.69 Å². The first-order valence-corrected chi connectivity index (χ1v) is 7.17. The number of amides is 1. The number of carbonyl (C=O) groups excluding carboxylic acids is 1. The fourth-order valence-corrected chi connectivity index (χ4v) is 2.05. The molecule has 0 aliphatic rings. The fourth-order valence-electron chi connectivity index (χ4n) is 2.05. The van der Waals surface area contributed by atoms with Gasteiger partial charge in [0.05, 0.1) is 5.69 Å². The number of anilines is 1. The third-order valence-corrected chi connectivity index (χ3v) is 3.16. The van der Waals surface area contributed by atoms with Crippen LogP contribution in [0.25, 0.3) is 5.69 Å². The van der Waals surface area contributed by atoms with Gasteiger partial charge >= 0.3 is 12.4 Å². The number of rotatable bonds is 4. The second-order valence-corrected chi connectivity index (χ2v) is 5.17. The Kier molecular flexibility index (Phi) is 5.09. The Hall–Kier alpha value is -2.52. The lowest BCUT2D eigenvalue weighted by Crippen LogP contribution is -2.14. The first-order chi connectivity index (χ1) is 11.5. The van der Waals surface area contributed by atoms with Crippen molar-refractivity contribution in [3.63, 3.8) is 0 Å². The summed E-state index contributed by atoms with van der Waals surface area (Å²) in [6, 6.07) is 4.82. The molecule has 0 aliphatic carbocycles. The number of carbonyl (C=O) groups is 1. The molecule has 136 valence electrons. The minimum atomic E-state index is -5.01. The minimum Gasteiger partial charge on any atom is -0.326 e. The number of alkyl halides is 6. The SMILES string of the molecule is CCCC(=O)Nc1ccc(-n2nc(C(F)(F)F)cc2C(F)(F)F)cc1. The second-order valence-electron chi connectivity index (χ2n) is 5.17. The molecule has 0 aliphatic heterocycles. The number of nitrogens with zero attached hydrogens (tertiary/aromatic N) is 2. The summed E-state index contributed by atoms with van der Waals surface area (Å²) in [5, 5.41) is 5.55. The van der Waals surface area contributed by atoms with Gasteiger partial charge in [0.15, 0.2) is 5.69 Å². The van der Waals surface area contributed by atoms with Gasteiger partial charge in [0.25, 0.3) is 0 Å². The highest BCUT2D eigenvalue weighted by atomic mass is 19.4. The van der Waals surface area contributed by atoms with Crippen LogP contribution in [0, 0.1) is 0 Å². The van der Waals surface area contributed by atoms with Crippen molar-refractivity contribution in [3.8, 4) is 5.69 Å². The summed E-state index contributed by atoms with van der Waals surface area (Å²) in [7, 11) is 0. The van der Waals surface area contributed by atoms with E-state index in [1.165, 1.54) is 12.1 Å². The Balaban J connectivity index is 2.37. The van der Waals surface area contributed by atoms with Crippen LogP contribution in [0.4, 0.5) is 32.0 Å². The summed E-state index contributed by atoms with van der Waals surface area (Å²) in [5.41, 5.74) is -3.07. The summed E-state index contributed by atoms with van der Waals surface area (Å²) < 4.78 is 77.2. The van der Waals surface area contributed by atoms with Gasteiger partial charge in [-0.15, -0.1) is 0 Å². The zero-order valence-electron chi connectivity index (χ0n) is 12.9. The van der Waals surface area contributed by atoms with Gasteiger partial charge in [-0.25, -0.2) is 4.68 Å². The first kappa shape index (κ1) is 18.8. The van der Waals surface area contributed by atoms with Crippen molar-refractivity contribution in [2.45, 2.75) is 32.1 Å². The van der Waals surface area contributed by atoms with E-state index in [1.807, 2.05) is 0 Å². The maximum atomic E-state index is 13.0. The maximum Gasteiger partial charge on any atom is 0.435 e. The molecule has 25 heavy (non-hydrogen) atoms. The van der Waals surface area contributed by atoms with Gasteiger partial charge < -0.3 is 5.32 Å². The molecule has 0 bridgehead atoms. The Bertz CT molecular complexity index is 746. The Morgan fingerprint density at radius 1 is 1.08 bits per heavy atom. The largest absolute Gasteiger partial charge is 0.435 e. The Morgan fingerprint density at radius 3 is 2.16 bits per heavy atom. The molecular formula is C15H13F6N3O. The van der Waals surface area contributed by atoms with Crippen LogP contribution in [-0.4, -0.2) is 15.7 Å². The number of halogens is 6. The van der Waals surface area contributed by atoms with Crippen LogP contribution in [-0.2, 0) is 17.1 Å². The molecule has 0 atom stereocenters. The molecule has 1 heterocycles. The van der Waals surface area contributed by atoms with E-state index in [-0.39, 0.29) is 28.8 Å². The fraction of sp³-hybridized carbons (Fsp3) is 0.333. The predicted octanol–water partition coefficient (Wildman–Crippen LogP) is 4.65. The van der Waals surface area contributed by atoms with E-state index in [0.717, 1.165) is 12.1 Å². The summed E-state index contributed by atoms with van der Waals surface area (Å²) >= 11 is 0. The standard InChI is InChI=1S/C15H13F6N3O/c1-2-3-13(25)22-9-4-6-10(7-5-9)24-12(15(19,20)21)8-11(23-24)14(16,17)18/h4-8H,2-3H2,1H3,(H,22,25). The average Bonchev–Trinajstić information content (AvgIpc) is 2.93. The molecule has 10 heteroatoms. The molecule has 0 fully saturated rings. The maximum absolute atomic E-state index is 13.0. The highest BCUT2D eigenvalue weighted by Crippen LogP contribution is 2.36. The quantitative estimate of drug-likeness (QED) is 0.802. The molecule has 0 saturated heterocycles. The summed E-state index contributed by atoms with van der Waals surface area (Å²) in [5.74, 6) is -0.273. The molecule has 2 aromatic rings. The molecule has 1 N–H and O–H groups in total. The number of nitrogens with one attached hydrogen (secondary N) is 1. The smallest absolute Gasteiger partial charge is 0.326 e. The van der Waals surface area contributed by atoms with Crippen LogP contribution >= 0.6 is 0 Å². The van der Waals surface area contributed by atoms with Crippen LogP contribution in [0.5, 0.6) is 0 Å². The van der Waals surface area contributed by atoms with E-state index in [2.05, 4.69) is 10.4 Å². The second kappa shape index (κ2) is 6.77. The van der Waals surface area contributed by atoms with E-state index in [9.17, 15) is 31.1 Å². The number of hydrogen-bond acceptors (Lipinski definition) is 2. The molecule has 1 amide bonds. The van der Waals surface area contributed by atoms with Crippen molar-refractivity contribution < 1.29 is 31.1 Å². The molecule has 0 spiro atoms. The number of benzene rings is 1. The number of aromatic nitrogens is 2. The monoisotopic (exact) mass is 365 g/mol. The van der Waals surface area contributed by atoms with E-state index in [4.69, 9.17) is 0 Å². The van der Waals surface area contributed by atoms with Gasteiger partial charge in [-0.3, -0.25) is 4.79 Å². The van der Waals surface area contributed by atoms with Crippen molar-refractivity contribution >= 4 is 11.6 Å². The molecule has 1 aromatic carbocycles. The lowest BCUT2D eigenvalue weighted by atomic mass is 10.2. The van der Waals surface area contributed by atoms with Crippen molar-refractivity contribution in [1.29, 1.82) is 0 Å². The van der Waals surface area contributed by atoms with Gasteiger partial charge in [-0.05, 0) is 30.7 Å². The van der Waals surface area contributed by atoms with Crippen LogP contribution in [0.15, 0.2) is 30.3 Å². The van der Waals surface area contributed by atoms with E-state index in [0.29, 0.717) is 12.1 Å². The molecule has 0 saturated carbocycles. The Morgan fingerprint density at radius 2 is 1.68 bits per heavy atom. The van der Waals surface area contributed by atoms with Gasteiger partial charge in [-0.1, -0.05) is 6.92 Å². The predicted molar refractivity (Wildman–Crippen MR) is 77.1 cm³/mol. The average molecular weight is 365 g/mol. The van der Waals surface area contributed by atoms with Gasteiger partial charge in [-0.2, -0.15) is 31.4 Å². The van der Waals surface area contributed by atoms with Gasteiger partial charge in [0, 0.05) is 18.2 Å². The molecule has 4 nitrogen and oxygen atoms in total. The van der Waals surface area contributed by atoms with Crippen LogP contribution in [0.3, 0.4) is 0 Å². The molecular weight excluding hydrogens is 352 g/mol. The highest BCUT2D eigenvalue weighted by Gasteiger charge is 2.42. The van der Waals surface area contributed by atoms with Crippen LogP contribution in [0.1, 0.15) is 31.2 Å². The van der Waals surface area contributed by atoms with Crippen LogP contribution in [0.2, 0.25) is 0 Å². The van der Waals surface area contributed by atoms with Gasteiger partial charge in [0.2, 0.25) is 5.91 Å². The van der Waals surface area contributed by atoms with Crippen molar-refractivity contribution in [3.05, 3.63) is 41.7 Å². The highest BCUT2D eigenvalue weighted by molar-refractivity contribution is 5.90. The summed E-state index contributed by atoms with van der Waals surface area (Å²) in [6.45, 7) is 1.80. The molecule has 1 aromatic heterocycles. The topological polar surface area (TPSA) is 46.9 Å². The third kappa shape index (κ3) is 4.52. The molecule has 0 radical (unpaired) electrons. The van der Waals surface area contributed by atoms with Crippen molar-refractivity contribution in [2.75, 3.05) is 5.32 Å². The van der Waals surface area contributed by atoms with E-state index >= 15 is 0 Å².